The van der Waals surface area contributed by atoms with Crippen LogP contribution in [0.15, 0.2) is 59.1 Å². The topological polar surface area (TPSA) is 59.2 Å². The van der Waals surface area contributed by atoms with Crippen molar-refractivity contribution in [3.8, 4) is 11.4 Å². The molecule has 0 unspecified atom stereocenters. The molecule has 132 valence electrons. The first-order chi connectivity index (χ1) is 12.7. The van der Waals surface area contributed by atoms with Crippen LogP contribution in [0, 0.1) is 5.82 Å². The summed E-state index contributed by atoms with van der Waals surface area (Å²) in [6.45, 7) is 1.23. The van der Waals surface area contributed by atoms with E-state index in [1.54, 1.807) is 17.0 Å². The maximum Gasteiger partial charge on any atom is 0.231 e. The molecule has 1 atom stereocenters. The van der Waals surface area contributed by atoms with Gasteiger partial charge in [-0.3, -0.25) is 4.79 Å². The number of aromatic nitrogens is 2. The van der Waals surface area contributed by atoms with Crippen LogP contribution < -0.4 is 0 Å². The Morgan fingerprint density at radius 2 is 1.92 bits per heavy atom. The molecule has 2 heterocycles. The van der Waals surface area contributed by atoms with Gasteiger partial charge in [-0.2, -0.15) is 4.98 Å². The molecule has 1 aliphatic heterocycles. The maximum absolute atomic E-state index is 13.0. The minimum atomic E-state index is -0.298. The van der Waals surface area contributed by atoms with E-state index in [0.717, 1.165) is 17.5 Å². The van der Waals surface area contributed by atoms with E-state index in [4.69, 9.17) is 4.52 Å². The van der Waals surface area contributed by atoms with Crippen molar-refractivity contribution in [1.29, 1.82) is 0 Å². The standard InChI is InChI=1S/C20H18FN3O2/c21-17-8-6-14(7-9-17)12-18(25)24-11-10-16(13-24)20-22-19(23-26-20)15-4-2-1-3-5-15/h1-9,16H,10-13H2/t16-/m1/s1. The second-order valence-corrected chi connectivity index (χ2v) is 6.45. The molecule has 26 heavy (non-hydrogen) atoms. The molecule has 2 aromatic carbocycles. The average molecular weight is 351 g/mol. The lowest BCUT2D eigenvalue weighted by Crippen LogP contribution is -2.29. The summed E-state index contributed by atoms with van der Waals surface area (Å²) in [6, 6.07) is 15.7. The largest absolute Gasteiger partial charge is 0.342 e. The molecular weight excluding hydrogens is 333 g/mol. The van der Waals surface area contributed by atoms with E-state index in [1.807, 2.05) is 30.3 Å². The van der Waals surface area contributed by atoms with E-state index >= 15 is 0 Å². The second kappa shape index (κ2) is 7.07. The SMILES string of the molecule is O=C(Cc1ccc(F)cc1)N1CC[C@@H](c2nc(-c3ccccc3)no2)C1. The third-order valence-electron chi connectivity index (χ3n) is 4.63. The molecule has 0 N–H and O–H groups in total. The van der Waals surface area contributed by atoms with Crippen molar-refractivity contribution in [1.82, 2.24) is 15.0 Å². The Bertz CT molecular complexity index is 893. The van der Waals surface area contributed by atoms with Crippen molar-refractivity contribution < 1.29 is 13.7 Å². The summed E-state index contributed by atoms with van der Waals surface area (Å²) in [5, 5.41) is 4.05. The van der Waals surface area contributed by atoms with E-state index in [9.17, 15) is 9.18 Å². The third kappa shape index (κ3) is 3.49. The van der Waals surface area contributed by atoms with Crippen LogP contribution in [0.25, 0.3) is 11.4 Å². The van der Waals surface area contributed by atoms with Gasteiger partial charge in [-0.25, -0.2) is 4.39 Å². The molecule has 0 spiro atoms. The molecule has 1 aromatic heterocycles. The summed E-state index contributed by atoms with van der Waals surface area (Å²) in [5.74, 6) is 0.921. The van der Waals surface area contributed by atoms with Crippen LogP contribution in [-0.2, 0) is 11.2 Å². The number of halogens is 1. The van der Waals surface area contributed by atoms with Crippen molar-refractivity contribution in [2.75, 3.05) is 13.1 Å². The Morgan fingerprint density at radius 1 is 1.15 bits per heavy atom. The van der Waals surface area contributed by atoms with Crippen LogP contribution in [0.4, 0.5) is 4.39 Å². The van der Waals surface area contributed by atoms with Gasteiger partial charge in [0, 0.05) is 18.7 Å². The lowest BCUT2D eigenvalue weighted by atomic mass is 10.1. The van der Waals surface area contributed by atoms with E-state index in [-0.39, 0.29) is 24.1 Å². The van der Waals surface area contributed by atoms with Crippen LogP contribution >= 0.6 is 0 Å². The second-order valence-electron chi connectivity index (χ2n) is 6.45. The Kier molecular flexibility index (Phi) is 4.48. The Labute approximate surface area is 150 Å². The van der Waals surface area contributed by atoms with Gasteiger partial charge in [0.15, 0.2) is 0 Å². The van der Waals surface area contributed by atoms with Crippen LogP contribution in [0.2, 0.25) is 0 Å². The molecule has 1 aliphatic rings. The van der Waals surface area contributed by atoms with Gasteiger partial charge in [0.05, 0.1) is 12.3 Å². The zero-order valence-corrected chi connectivity index (χ0v) is 14.1. The van der Waals surface area contributed by atoms with Crippen molar-refractivity contribution >= 4 is 5.91 Å². The van der Waals surface area contributed by atoms with Gasteiger partial charge in [0.25, 0.3) is 0 Å². The van der Waals surface area contributed by atoms with Crippen LogP contribution in [-0.4, -0.2) is 34.0 Å². The summed E-state index contributed by atoms with van der Waals surface area (Å²) in [7, 11) is 0. The van der Waals surface area contributed by atoms with Gasteiger partial charge >= 0.3 is 0 Å². The average Bonchev–Trinajstić information content (AvgIpc) is 3.34. The number of carbonyl (C=O) groups excluding carboxylic acids is 1. The van der Waals surface area contributed by atoms with Crippen LogP contribution in [0.5, 0.6) is 0 Å². The molecule has 0 saturated carbocycles. The predicted molar refractivity (Wildman–Crippen MR) is 93.8 cm³/mol. The first-order valence-corrected chi connectivity index (χ1v) is 8.60. The normalized spacial score (nSPS) is 16.8. The molecule has 3 aromatic rings. The summed E-state index contributed by atoms with van der Waals surface area (Å²) >= 11 is 0. The van der Waals surface area contributed by atoms with E-state index < -0.39 is 0 Å². The highest BCUT2D eigenvalue weighted by Gasteiger charge is 2.31. The number of rotatable bonds is 4. The highest BCUT2D eigenvalue weighted by Crippen LogP contribution is 2.28. The lowest BCUT2D eigenvalue weighted by Gasteiger charge is -2.15. The molecule has 0 bridgehead atoms. The minimum absolute atomic E-state index is 0.0295. The number of amides is 1. The zero-order chi connectivity index (χ0) is 17.9. The van der Waals surface area contributed by atoms with Crippen molar-refractivity contribution in [3.05, 3.63) is 71.9 Å². The fourth-order valence-corrected chi connectivity index (χ4v) is 3.18. The van der Waals surface area contributed by atoms with E-state index in [0.29, 0.717) is 24.8 Å². The smallest absolute Gasteiger partial charge is 0.231 e. The molecule has 6 heteroatoms. The molecule has 5 nitrogen and oxygen atoms in total. The first-order valence-electron chi connectivity index (χ1n) is 8.60. The highest BCUT2D eigenvalue weighted by atomic mass is 19.1. The minimum Gasteiger partial charge on any atom is -0.342 e. The Morgan fingerprint density at radius 3 is 2.69 bits per heavy atom. The van der Waals surface area contributed by atoms with Gasteiger partial charge in [0.1, 0.15) is 5.82 Å². The van der Waals surface area contributed by atoms with Gasteiger partial charge < -0.3 is 9.42 Å². The quantitative estimate of drug-likeness (QED) is 0.722. The molecule has 1 amide bonds. The third-order valence-corrected chi connectivity index (χ3v) is 4.63. The number of hydrogen-bond donors (Lipinski definition) is 0. The van der Waals surface area contributed by atoms with E-state index in [1.165, 1.54) is 12.1 Å². The van der Waals surface area contributed by atoms with E-state index in [2.05, 4.69) is 10.1 Å². The van der Waals surface area contributed by atoms with Crippen LogP contribution in [0.1, 0.15) is 23.8 Å². The molecule has 0 aliphatic carbocycles. The lowest BCUT2D eigenvalue weighted by molar-refractivity contribution is -0.129. The van der Waals surface area contributed by atoms with Crippen molar-refractivity contribution in [2.45, 2.75) is 18.8 Å². The number of benzene rings is 2. The van der Waals surface area contributed by atoms with Gasteiger partial charge in [-0.05, 0) is 24.1 Å². The van der Waals surface area contributed by atoms with Crippen molar-refractivity contribution in [2.24, 2.45) is 0 Å². The maximum atomic E-state index is 13.0. The summed E-state index contributed by atoms with van der Waals surface area (Å²) in [5.41, 5.74) is 1.72. The van der Waals surface area contributed by atoms with Gasteiger partial charge in [-0.15, -0.1) is 0 Å². The number of likely N-dealkylation sites (tertiary alicyclic amines) is 1. The highest BCUT2D eigenvalue weighted by molar-refractivity contribution is 5.79. The number of nitrogens with zero attached hydrogens (tertiary/aromatic N) is 3. The monoisotopic (exact) mass is 351 g/mol. The Balaban J connectivity index is 1.40. The Hall–Kier alpha value is -3.02. The summed E-state index contributed by atoms with van der Waals surface area (Å²) in [6.07, 6.45) is 1.07. The molecular formula is C20H18FN3O2. The van der Waals surface area contributed by atoms with Crippen molar-refractivity contribution in [3.63, 3.8) is 0 Å². The van der Waals surface area contributed by atoms with Gasteiger partial charge in [0.2, 0.25) is 17.6 Å². The summed E-state index contributed by atoms with van der Waals surface area (Å²) < 4.78 is 18.4. The fraction of sp³-hybridized carbons (Fsp3) is 0.250. The predicted octanol–water partition coefficient (Wildman–Crippen LogP) is 3.43. The fourth-order valence-electron chi connectivity index (χ4n) is 3.18. The van der Waals surface area contributed by atoms with Crippen LogP contribution in [0.3, 0.4) is 0 Å². The molecule has 1 fully saturated rings. The molecule has 1 saturated heterocycles. The molecule has 0 radical (unpaired) electrons. The zero-order valence-electron chi connectivity index (χ0n) is 14.1. The molecule has 4 rings (SSSR count). The number of carbonyl (C=O) groups is 1. The first kappa shape index (κ1) is 16.4. The number of hydrogen-bond acceptors (Lipinski definition) is 4. The van der Waals surface area contributed by atoms with Gasteiger partial charge in [-0.1, -0.05) is 47.6 Å². The summed E-state index contributed by atoms with van der Waals surface area (Å²) in [4.78, 5) is 18.8.